The third-order valence-electron chi connectivity index (χ3n) is 4.11. The third-order valence-corrected chi connectivity index (χ3v) is 4.34. The van der Waals surface area contributed by atoms with E-state index in [1.54, 1.807) is 13.8 Å². The monoisotopic (exact) mass is 367 g/mol. The van der Waals surface area contributed by atoms with Gasteiger partial charge in [-0.2, -0.15) is 5.10 Å². The van der Waals surface area contributed by atoms with Gasteiger partial charge in [0, 0.05) is 16.8 Å². The molecule has 2 N–H and O–H groups in total. The summed E-state index contributed by atoms with van der Waals surface area (Å²) in [5.41, 5.74) is -1.91. The summed E-state index contributed by atoms with van der Waals surface area (Å²) in [5, 5.41) is 16.1. The number of aromatic nitrogens is 2. The van der Waals surface area contributed by atoms with E-state index < -0.39 is 28.6 Å². The summed E-state index contributed by atoms with van der Waals surface area (Å²) in [6.07, 6.45) is 2.76. The molecule has 0 saturated carbocycles. The predicted molar refractivity (Wildman–Crippen MR) is 92.3 cm³/mol. The topological polar surface area (TPSA) is 84.2 Å². The molecule has 6 nitrogen and oxygen atoms in total. The maximum absolute atomic E-state index is 14.1. The average molecular weight is 368 g/mol. The van der Waals surface area contributed by atoms with Crippen LogP contribution < -0.4 is 5.32 Å². The van der Waals surface area contributed by atoms with Crippen LogP contribution in [-0.2, 0) is 20.5 Å². The van der Waals surface area contributed by atoms with Crippen LogP contribution in [0.3, 0.4) is 0 Å². The highest BCUT2D eigenvalue weighted by atomic mass is 35.5. The van der Waals surface area contributed by atoms with Crippen LogP contribution in [0, 0.1) is 5.82 Å². The molecule has 0 aliphatic carbocycles. The third kappa shape index (κ3) is 3.66. The van der Waals surface area contributed by atoms with Gasteiger partial charge in [0.25, 0.3) is 0 Å². The molecular weight excluding hydrogens is 349 g/mol. The van der Waals surface area contributed by atoms with E-state index in [2.05, 4.69) is 10.4 Å². The molecule has 1 heterocycles. The minimum Gasteiger partial charge on any atom is -0.479 e. The first-order valence-corrected chi connectivity index (χ1v) is 7.89. The van der Waals surface area contributed by atoms with Gasteiger partial charge in [0.15, 0.2) is 5.54 Å². The normalized spacial score (nSPS) is 12.1. The molecule has 0 aliphatic heterocycles. The van der Waals surface area contributed by atoms with Crippen molar-refractivity contribution in [2.75, 3.05) is 5.32 Å². The number of aliphatic carboxylic acids is 1. The van der Waals surface area contributed by atoms with Gasteiger partial charge in [-0.3, -0.25) is 9.48 Å². The molecule has 2 aromatic rings. The van der Waals surface area contributed by atoms with Gasteiger partial charge in [0.2, 0.25) is 5.91 Å². The number of carboxylic acids is 1. The van der Waals surface area contributed by atoms with E-state index in [1.165, 1.54) is 43.1 Å². The van der Waals surface area contributed by atoms with Gasteiger partial charge in [0.1, 0.15) is 5.82 Å². The number of carbonyl (C=O) groups excluding carboxylic acids is 1. The first-order chi connectivity index (χ1) is 11.5. The molecule has 1 aromatic carbocycles. The van der Waals surface area contributed by atoms with Crippen molar-refractivity contribution in [2.45, 2.75) is 38.6 Å². The van der Waals surface area contributed by atoms with Crippen LogP contribution in [0.5, 0.6) is 0 Å². The summed E-state index contributed by atoms with van der Waals surface area (Å²) >= 11 is 5.75. The number of hydrogen-bond donors (Lipinski definition) is 2. The number of amides is 1. The molecule has 0 saturated heterocycles. The first-order valence-electron chi connectivity index (χ1n) is 7.52. The number of anilines is 1. The van der Waals surface area contributed by atoms with Crippen LogP contribution in [0.1, 0.15) is 33.3 Å². The van der Waals surface area contributed by atoms with E-state index in [-0.39, 0.29) is 10.6 Å². The summed E-state index contributed by atoms with van der Waals surface area (Å²) in [6.45, 7) is 6.14. The van der Waals surface area contributed by atoms with Crippen molar-refractivity contribution >= 4 is 29.2 Å². The number of carbonyl (C=O) groups is 2. The van der Waals surface area contributed by atoms with Gasteiger partial charge >= 0.3 is 5.97 Å². The van der Waals surface area contributed by atoms with Crippen LogP contribution in [0.4, 0.5) is 10.1 Å². The number of benzene rings is 1. The Balaban J connectivity index is 2.24. The smallest absolute Gasteiger partial charge is 0.331 e. The highest BCUT2D eigenvalue weighted by Gasteiger charge is 2.34. The van der Waals surface area contributed by atoms with Crippen LogP contribution in [0.15, 0.2) is 30.6 Å². The first kappa shape index (κ1) is 18.9. The summed E-state index contributed by atoms with van der Waals surface area (Å²) in [7, 11) is 0. The van der Waals surface area contributed by atoms with Crippen LogP contribution in [0.25, 0.3) is 0 Å². The Morgan fingerprint density at radius 2 is 1.92 bits per heavy atom. The quantitative estimate of drug-likeness (QED) is 0.848. The highest BCUT2D eigenvalue weighted by molar-refractivity contribution is 6.30. The molecule has 0 aliphatic rings. The fourth-order valence-electron chi connectivity index (χ4n) is 2.20. The van der Waals surface area contributed by atoms with Crippen molar-refractivity contribution in [1.82, 2.24) is 9.78 Å². The van der Waals surface area contributed by atoms with Gasteiger partial charge in [-0.15, -0.1) is 0 Å². The molecule has 2 rings (SSSR count). The SMILES string of the molecule is CC(C)(C(=O)Nc1cnn(C(C)(C)C(=O)O)c1)c1ccc(Cl)cc1F. The van der Waals surface area contributed by atoms with Gasteiger partial charge < -0.3 is 10.4 Å². The van der Waals surface area contributed by atoms with E-state index >= 15 is 0 Å². The van der Waals surface area contributed by atoms with Crippen molar-refractivity contribution in [2.24, 2.45) is 0 Å². The second-order valence-electron chi connectivity index (χ2n) is 6.74. The maximum atomic E-state index is 14.1. The lowest BCUT2D eigenvalue weighted by Crippen LogP contribution is -2.36. The number of carboxylic acid groups (broad SMARTS) is 1. The van der Waals surface area contributed by atoms with Crippen LogP contribution in [-0.4, -0.2) is 26.8 Å². The zero-order chi connectivity index (χ0) is 19.0. The molecular formula is C17H19ClFN3O3. The molecule has 0 fully saturated rings. The molecule has 0 radical (unpaired) electrons. The lowest BCUT2D eigenvalue weighted by Gasteiger charge is -2.24. The number of halogens is 2. The van der Waals surface area contributed by atoms with E-state index in [9.17, 15) is 19.1 Å². The average Bonchev–Trinajstić information content (AvgIpc) is 2.95. The van der Waals surface area contributed by atoms with Crippen molar-refractivity contribution in [3.8, 4) is 0 Å². The largest absolute Gasteiger partial charge is 0.479 e. The fourth-order valence-corrected chi connectivity index (χ4v) is 2.36. The Labute approximate surface area is 149 Å². The zero-order valence-corrected chi connectivity index (χ0v) is 15.1. The minimum absolute atomic E-state index is 0.202. The molecule has 8 heteroatoms. The Bertz CT molecular complexity index is 830. The second-order valence-corrected chi connectivity index (χ2v) is 7.18. The van der Waals surface area contributed by atoms with Crippen LogP contribution >= 0.6 is 11.6 Å². The number of hydrogen-bond acceptors (Lipinski definition) is 3. The fraction of sp³-hybridized carbons (Fsp3) is 0.353. The van der Waals surface area contributed by atoms with Gasteiger partial charge in [-0.25, -0.2) is 9.18 Å². The summed E-state index contributed by atoms with van der Waals surface area (Å²) in [4.78, 5) is 23.9. The van der Waals surface area contributed by atoms with E-state index in [4.69, 9.17) is 11.6 Å². The second kappa shape index (κ2) is 6.48. The van der Waals surface area contributed by atoms with E-state index in [1.807, 2.05) is 0 Å². The number of nitrogens with zero attached hydrogens (tertiary/aromatic N) is 2. The Morgan fingerprint density at radius 1 is 1.28 bits per heavy atom. The number of nitrogens with one attached hydrogen (secondary N) is 1. The van der Waals surface area contributed by atoms with Gasteiger partial charge in [-0.05, 0) is 39.8 Å². The van der Waals surface area contributed by atoms with Crippen molar-refractivity contribution in [3.63, 3.8) is 0 Å². The predicted octanol–water partition coefficient (Wildman–Crippen LogP) is 3.41. The molecule has 0 spiro atoms. The van der Waals surface area contributed by atoms with Gasteiger partial charge in [0.05, 0.1) is 17.3 Å². The summed E-state index contributed by atoms with van der Waals surface area (Å²) in [6, 6.07) is 4.13. The Kier molecular flexibility index (Phi) is 4.90. The summed E-state index contributed by atoms with van der Waals surface area (Å²) < 4.78 is 15.4. The molecule has 1 amide bonds. The standard InChI is InChI=1S/C17H19ClFN3O3/c1-16(2,12-6-5-10(18)7-13(12)19)14(23)21-11-8-20-22(9-11)17(3,4)15(24)25/h5-9H,1-4H3,(H,21,23)(H,24,25). The highest BCUT2D eigenvalue weighted by Crippen LogP contribution is 2.29. The minimum atomic E-state index is -1.26. The van der Waals surface area contributed by atoms with Crippen molar-refractivity contribution in [3.05, 3.63) is 47.0 Å². The summed E-state index contributed by atoms with van der Waals surface area (Å²) in [5.74, 6) is -2.09. The Hall–Kier alpha value is -2.41. The molecule has 0 unspecified atom stereocenters. The number of rotatable bonds is 5. The zero-order valence-electron chi connectivity index (χ0n) is 14.3. The Morgan fingerprint density at radius 3 is 2.48 bits per heavy atom. The van der Waals surface area contributed by atoms with Crippen molar-refractivity contribution in [1.29, 1.82) is 0 Å². The van der Waals surface area contributed by atoms with Gasteiger partial charge in [-0.1, -0.05) is 17.7 Å². The maximum Gasteiger partial charge on any atom is 0.331 e. The molecule has 0 atom stereocenters. The molecule has 134 valence electrons. The lowest BCUT2D eigenvalue weighted by atomic mass is 9.83. The molecule has 25 heavy (non-hydrogen) atoms. The molecule has 0 bridgehead atoms. The lowest BCUT2D eigenvalue weighted by molar-refractivity contribution is -0.146. The molecule has 1 aromatic heterocycles. The van der Waals surface area contributed by atoms with E-state index in [0.717, 1.165) is 6.07 Å². The van der Waals surface area contributed by atoms with Crippen molar-refractivity contribution < 1.29 is 19.1 Å². The van der Waals surface area contributed by atoms with Crippen LogP contribution in [0.2, 0.25) is 5.02 Å². The van der Waals surface area contributed by atoms with E-state index in [0.29, 0.717) is 5.69 Å².